The van der Waals surface area contributed by atoms with Gasteiger partial charge in [0, 0.05) is 52.4 Å². The first-order valence-electron chi connectivity index (χ1n) is 14.8. The van der Waals surface area contributed by atoms with Gasteiger partial charge in [-0.2, -0.15) is 13.5 Å². The predicted octanol–water partition coefficient (Wildman–Crippen LogP) is 7.62. The molecule has 0 radical (unpaired) electrons. The van der Waals surface area contributed by atoms with Crippen LogP contribution in [0.2, 0.25) is 5.02 Å². The molecule has 0 spiro atoms. The number of benzene rings is 2. The fraction of sp³-hybridized carbons (Fsp3) is 0.471. The van der Waals surface area contributed by atoms with Crippen LogP contribution in [0.25, 0.3) is 10.4 Å². The second-order valence-corrected chi connectivity index (χ2v) is 12.2. The van der Waals surface area contributed by atoms with E-state index >= 15 is 0 Å². The minimum absolute atomic E-state index is 0. The van der Waals surface area contributed by atoms with Crippen molar-refractivity contribution >= 4 is 59.7 Å². The van der Waals surface area contributed by atoms with Crippen molar-refractivity contribution in [1.29, 1.82) is 0 Å². The first kappa shape index (κ1) is 46.1. The maximum atomic E-state index is 11.3. The molecule has 0 aliphatic carbocycles. The second-order valence-electron chi connectivity index (χ2n) is 10.8. The van der Waals surface area contributed by atoms with Gasteiger partial charge >= 0.3 is 11.9 Å². The number of carboxylic acids is 2. The summed E-state index contributed by atoms with van der Waals surface area (Å²) in [4.78, 5) is 24.7. The molecule has 0 amide bonds. The van der Waals surface area contributed by atoms with E-state index in [9.17, 15) is 14.7 Å². The van der Waals surface area contributed by atoms with Gasteiger partial charge in [-0.3, -0.25) is 0 Å². The molecule has 0 unspecified atom stereocenters. The fourth-order valence-corrected chi connectivity index (χ4v) is 5.42. The van der Waals surface area contributed by atoms with E-state index in [2.05, 4.69) is 53.6 Å². The summed E-state index contributed by atoms with van der Waals surface area (Å²) in [6, 6.07) is 15.2. The van der Waals surface area contributed by atoms with Gasteiger partial charge in [-0.15, -0.1) is 11.3 Å². The number of carboxylic acid groups (broad SMARTS) is 2. The highest BCUT2D eigenvalue weighted by Crippen LogP contribution is 2.45. The van der Waals surface area contributed by atoms with Crippen LogP contribution in [0.4, 0.5) is 11.4 Å². The largest absolute Gasteiger partial charge is 0.479 e. The van der Waals surface area contributed by atoms with Crippen LogP contribution in [0.15, 0.2) is 48.5 Å². The van der Waals surface area contributed by atoms with Gasteiger partial charge in [0.05, 0.1) is 4.88 Å². The van der Waals surface area contributed by atoms with Crippen LogP contribution in [0.5, 0.6) is 5.75 Å². The summed E-state index contributed by atoms with van der Waals surface area (Å²) < 4.78 is 13.5. The Labute approximate surface area is 296 Å². The molecule has 2 aromatic carbocycles. The van der Waals surface area contributed by atoms with Crippen molar-refractivity contribution in [2.45, 2.75) is 52.0 Å². The molecule has 1 aliphatic heterocycles. The van der Waals surface area contributed by atoms with E-state index in [0.29, 0.717) is 10.4 Å². The third-order valence-electron chi connectivity index (χ3n) is 6.68. The monoisotopic (exact) mass is 715 g/mol. The number of nitrogens with two attached hydrogens (primary N) is 1. The van der Waals surface area contributed by atoms with Crippen LogP contribution in [0.3, 0.4) is 0 Å². The number of anilines is 2. The van der Waals surface area contributed by atoms with E-state index in [0.717, 1.165) is 34.7 Å². The van der Waals surface area contributed by atoms with Crippen LogP contribution < -0.4 is 15.8 Å². The smallest absolute Gasteiger partial charge is 0.349 e. The van der Waals surface area contributed by atoms with Gasteiger partial charge < -0.3 is 40.4 Å². The number of aromatic carboxylic acids is 1. The Balaban J connectivity index is 0. The molecule has 1 aromatic heterocycles. The second kappa shape index (κ2) is 25.1. The summed E-state index contributed by atoms with van der Waals surface area (Å²) in [7, 11) is 10.5. The zero-order chi connectivity index (χ0) is 35.3. The first-order valence-corrected chi connectivity index (χ1v) is 16.0. The molecule has 0 bridgehead atoms. The van der Waals surface area contributed by atoms with Gasteiger partial charge in [0.2, 0.25) is 0 Å². The number of rotatable bonds is 7. The highest BCUT2D eigenvalue weighted by atomic mass is 35.5. The van der Waals surface area contributed by atoms with Crippen molar-refractivity contribution in [2.24, 2.45) is 0 Å². The summed E-state index contributed by atoms with van der Waals surface area (Å²) in [5.41, 5.74) is 9.72. The molecule has 3 aromatic rings. The lowest BCUT2D eigenvalue weighted by atomic mass is 9.91. The van der Waals surface area contributed by atoms with Crippen LogP contribution in [-0.2, 0) is 20.7 Å². The summed E-state index contributed by atoms with van der Waals surface area (Å²) in [5.74, 6) is -2.55. The number of nitrogens with zero attached hydrogens (tertiary/aromatic N) is 1. The van der Waals surface area contributed by atoms with E-state index < -0.39 is 18.5 Å². The first-order chi connectivity index (χ1) is 21.7. The van der Waals surface area contributed by atoms with Gasteiger partial charge in [-0.25, -0.2) is 9.59 Å². The predicted molar refractivity (Wildman–Crippen MR) is 201 cm³/mol. The number of thiophene rings is 1. The number of nitrogens with one attached hydrogen (secondary N) is 1. The Bertz CT molecular complexity index is 1320. The molecule has 13 heteroatoms. The van der Waals surface area contributed by atoms with Crippen LogP contribution in [-0.4, -0.2) is 88.3 Å². The lowest BCUT2D eigenvalue weighted by Crippen LogP contribution is -2.44. The minimum Gasteiger partial charge on any atom is -0.479 e. The Kier molecular flexibility index (Phi) is 24.6. The van der Waals surface area contributed by atoms with Gasteiger partial charge in [-0.05, 0) is 82.1 Å². The molecular formula is C34H54ClN3O7S2. The number of likely N-dealkylation sites (tertiary alicyclic amines) is 1. The molecule has 4 rings (SSSR count). The van der Waals surface area contributed by atoms with Crippen molar-refractivity contribution in [2.75, 3.05) is 66.7 Å². The number of piperidine rings is 1. The summed E-state index contributed by atoms with van der Waals surface area (Å²) >= 11 is 7.14. The molecule has 5 N–H and O–H groups in total. The molecule has 10 nitrogen and oxygen atoms in total. The number of halogens is 1. The van der Waals surface area contributed by atoms with Crippen LogP contribution >= 0.6 is 36.4 Å². The SMILES string of the molecule is CCc1cccc(N)c1.CN1CCCCC1(C)C.CNc1cccc(-c2sc(C(=O)O)c(OCC(=O)O)c2Cl)c1.COC.COC.S. The van der Waals surface area contributed by atoms with Crippen molar-refractivity contribution in [1.82, 2.24) is 4.90 Å². The molecular weight excluding hydrogens is 662 g/mol. The summed E-state index contributed by atoms with van der Waals surface area (Å²) in [6.45, 7) is 7.40. The number of nitrogen functional groups attached to an aromatic ring is 1. The molecule has 0 saturated carbocycles. The molecule has 1 fully saturated rings. The van der Waals surface area contributed by atoms with E-state index in [1.807, 2.05) is 30.3 Å². The number of aryl methyl sites for hydroxylation is 1. The topological polar surface area (TPSA) is 144 Å². The van der Waals surface area contributed by atoms with Crippen LogP contribution in [0.1, 0.15) is 55.3 Å². The number of carbonyl (C=O) groups is 2. The van der Waals surface area contributed by atoms with Gasteiger partial charge in [0.15, 0.2) is 17.2 Å². The number of methoxy groups -OCH3 is 2. The number of hydrogen-bond donors (Lipinski definition) is 4. The zero-order valence-electron chi connectivity index (χ0n) is 29.1. The Morgan fingerprint density at radius 2 is 1.64 bits per heavy atom. The van der Waals surface area contributed by atoms with Crippen molar-refractivity contribution in [3.8, 4) is 16.2 Å². The quantitative estimate of drug-likeness (QED) is 0.180. The molecule has 2 heterocycles. The summed E-state index contributed by atoms with van der Waals surface area (Å²) in [6.07, 6.45) is 5.23. The third kappa shape index (κ3) is 17.6. The van der Waals surface area contributed by atoms with Crippen molar-refractivity contribution in [3.05, 3.63) is 64.0 Å². The maximum Gasteiger partial charge on any atom is 0.349 e. The molecule has 0 atom stereocenters. The number of hydrogen-bond acceptors (Lipinski definition) is 9. The van der Waals surface area contributed by atoms with E-state index in [-0.39, 0.29) is 29.1 Å². The zero-order valence-corrected chi connectivity index (χ0v) is 31.7. The Morgan fingerprint density at radius 1 is 1.04 bits per heavy atom. The Morgan fingerprint density at radius 3 is 2.06 bits per heavy atom. The average Bonchev–Trinajstić information content (AvgIpc) is 3.35. The molecule has 1 saturated heterocycles. The lowest BCUT2D eigenvalue weighted by molar-refractivity contribution is -0.139. The normalized spacial score (nSPS) is 12.8. The van der Waals surface area contributed by atoms with Crippen molar-refractivity contribution < 1.29 is 34.0 Å². The third-order valence-corrected chi connectivity index (χ3v) is 8.36. The van der Waals surface area contributed by atoms with E-state index in [1.165, 1.54) is 31.4 Å². The highest BCUT2D eigenvalue weighted by molar-refractivity contribution is 7.59. The average molecular weight is 716 g/mol. The minimum atomic E-state index is -1.22. The highest BCUT2D eigenvalue weighted by Gasteiger charge is 2.26. The molecule has 47 heavy (non-hydrogen) atoms. The molecule has 1 aliphatic rings. The van der Waals surface area contributed by atoms with Gasteiger partial charge in [0.25, 0.3) is 0 Å². The van der Waals surface area contributed by atoms with Crippen LogP contribution in [0, 0.1) is 0 Å². The summed E-state index contributed by atoms with van der Waals surface area (Å²) in [5, 5.41) is 21.0. The Hall–Kier alpha value is -3.00. The van der Waals surface area contributed by atoms with Gasteiger partial charge in [0.1, 0.15) is 5.02 Å². The molecule has 266 valence electrons. The van der Waals surface area contributed by atoms with Gasteiger partial charge in [-0.1, -0.05) is 49.2 Å². The number of aliphatic carboxylic acids is 1. The van der Waals surface area contributed by atoms with Crippen molar-refractivity contribution in [3.63, 3.8) is 0 Å². The fourth-order valence-electron chi connectivity index (χ4n) is 4.01. The van der Waals surface area contributed by atoms with E-state index in [4.69, 9.17) is 27.2 Å². The number of ether oxygens (including phenoxy) is 3. The standard InChI is InChI=1S/C14H12ClNO5S.C8H17N.C8H11N.2C2H6O.H2S/c1-16-8-4-2-3-7(5-8)12-10(15)11(21-6-9(17)18)13(22-12)14(19)20;1-8(2)6-4-5-7-9(8)3;1-2-7-4-3-5-8(9)6-7;2*1-3-2;/h2-5,16H,6H2,1H3,(H,17,18)(H,19,20);4-7H2,1-3H3;3-6H,2,9H2,1H3;2*1-2H3;1H2. The van der Waals surface area contributed by atoms with E-state index in [1.54, 1.807) is 47.6 Å². The maximum absolute atomic E-state index is 11.3. The lowest BCUT2D eigenvalue weighted by Gasteiger charge is -2.39.